The third-order valence-electron chi connectivity index (χ3n) is 6.13. The Labute approximate surface area is 194 Å². The van der Waals surface area contributed by atoms with Crippen LogP contribution in [0.3, 0.4) is 0 Å². The SMILES string of the molecule is CCC(C)=C=CP1(=O)N(C)[C@H](c2cccc(C(F)(F)F)c2)[C@@H](c2cccc(C(F)(F)F)c2)N1C. The highest BCUT2D eigenvalue weighted by Gasteiger charge is 2.51. The standard InChI is InChI=1S/C24H25F6N2OP/c1-5-16(2)12-13-34(33)31(3)21(17-8-6-10-19(14-17)23(25,26)27)22(32(34)4)18-9-7-11-20(15-18)24(28,29)30/h6-11,13-15,21-22H,5H2,1-4H3/t12?,21-,22-/m1/s1. The maximum Gasteiger partial charge on any atom is 0.416 e. The fraction of sp³-hybridized carbons (Fsp3) is 0.375. The van der Waals surface area contributed by atoms with E-state index in [2.05, 4.69) is 5.73 Å². The molecule has 0 amide bonds. The van der Waals surface area contributed by atoms with Crippen molar-refractivity contribution >= 4 is 7.44 Å². The van der Waals surface area contributed by atoms with Gasteiger partial charge in [-0.15, -0.1) is 5.73 Å². The van der Waals surface area contributed by atoms with Gasteiger partial charge in [-0.05, 0) is 68.4 Å². The quantitative estimate of drug-likeness (QED) is 0.240. The van der Waals surface area contributed by atoms with Crippen molar-refractivity contribution in [3.05, 3.63) is 87.9 Å². The number of alkyl halides is 6. The maximum atomic E-state index is 14.1. The minimum atomic E-state index is -4.60. The number of benzene rings is 2. The van der Waals surface area contributed by atoms with Crippen LogP contribution in [0.5, 0.6) is 0 Å². The molecule has 184 valence electrons. The molecule has 1 aliphatic heterocycles. The Hall–Kier alpha value is -2.31. The molecule has 0 unspecified atom stereocenters. The third-order valence-corrected chi connectivity index (χ3v) is 8.90. The van der Waals surface area contributed by atoms with Crippen molar-refractivity contribution in [2.75, 3.05) is 14.1 Å². The summed E-state index contributed by atoms with van der Waals surface area (Å²) in [4.78, 5) is 0. The van der Waals surface area contributed by atoms with Crippen LogP contribution in [-0.2, 0) is 16.9 Å². The molecular weight excluding hydrogens is 477 g/mol. The Morgan fingerprint density at radius 2 is 1.32 bits per heavy atom. The number of hydrogen-bond donors (Lipinski definition) is 0. The van der Waals surface area contributed by atoms with Crippen molar-refractivity contribution in [3.63, 3.8) is 0 Å². The summed E-state index contributed by atoms with van der Waals surface area (Å²) in [6.07, 6.45) is -8.55. The largest absolute Gasteiger partial charge is 0.416 e. The third kappa shape index (κ3) is 5.03. The first-order valence-corrected chi connectivity index (χ1v) is 12.2. The second-order valence-corrected chi connectivity index (χ2v) is 11.0. The predicted octanol–water partition coefficient (Wildman–Crippen LogP) is 8.05. The summed E-state index contributed by atoms with van der Waals surface area (Å²) in [5.41, 5.74) is 2.42. The lowest BCUT2D eigenvalue weighted by molar-refractivity contribution is -0.138. The molecule has 2 aromatic carbocycles. The molecule has 0 N–H and O–H groups in total. The van der Waals surface area contributed by atoms with Gasteiger partial charge in [-0.25, -0.2) is 9.34 Å². The molecule has 10 heteroatoms. The van der Waals surface area contributed by atoms with Crippen molar-refractivity contribution in [1.82, 2.24) is 9.34 Å². The second-order valence-electron chi connectivity index (χ2n) is 8.28. The molecule has 0 spiro atoms. The molecule has 3 rings (SSSR count). The topological polar surface area (TPSA) is 23.6 Å². The van der Waals surface area contributed by atoms with Crippen LogP contribution in [0.1, 0.15) is 54.6 Å². The lowest BCUT2D eigenvalue weighted by Gasteiger charge is -2.26. The molecule has 3 nitrogen and oxygen atoms in total. The average Bonchev–Trinajstić information content (AvgIpc) is 2.97. The molecule has 0 bridgehead atoms. The summed E-state index contributed by atoms with van der Waals surface area (Å²) in [6.45, 7) is 3.69. The molecule has 0 saturated carbocycles. The van der Waals surface area contributed by atoms with E-state index in [9.17, 15) is 30.9 Å². The predicted molar refractivity (Wildman–Crippen MR) is 119 cm³/mol. The van der Waals surface area contributed by atoms with E-state index in [0.717, 1.165) is 29.8 Å². The zero-order valence-electron chi connectivity index (χ0n) is 19.1. The van der Waals surface area contributed by atoms with E-state index >= 15 is 0 Å². The molecule has 0 aromatic heterocycles. The van der Waals surface area contributed by atoms with Gasteiger partial charge in [-0.2, -0.15) is 26.3 Å². The molecule has 2 atom stereocenters. The van der Waals surface area contributed by atoms with Gasteiger partial charge in [0.25, 0.3) is 0 Å². The van der Waals surface area contributed by atoms with E-state index in [1.807, 2.05) is 6.92 Å². The summed E-state index contributed by atoms with van der Waals surface area (Å²) in [5, 5.41) is 0. The molecule has 0 radical (unpaired) electrons. The zero-order chi connectivity index (χ0) is 25.5. The number of halogens is 6. The van der Waals surface area contributed by atoms with Gasteiger partial charge < -0.3 is 0 Å². The summed E-state index contributed by atoms with van der Waals surface area (Å²) in [5.74, 6) is 1.39. The number of hydrogen-bond acceptors (Lipinski definition) is 1. The first-order chi connectivity index (χ1) is 15.7. The summed E-state index contributed by atoms with van der Waals surface area (Å²) in [6, 6.07) is 7.40. The minimum Gasteiger partial charge on any atom is -0.283 e. The molecular formula is C24H25F6N2OP. The van der Waals surface area contributed by atoms with E-state index in [0.29, 0.717) is 6.42 Å². The molecule has 1 aliphatic rings. The van der Waals surface area contributed by atoms with Crippen molar-refractivity contribution < 1.29 is 30.9 Å². The van der Waals surface area contributed by atoms with E-state index in [1.165, 1.54) is 53.5 Å². The smallest absolute Gasteiger partial charge is 0.283 e. The molecule has 0 aliphatic carbocycles. The maximum absolute atomic E-state index is 14.1. The van der Waals surface area contributed by atoms with E-state index in [-0.39, 0.29) is 11.1 Å². The molecule has 1 fully saturated rings. The van der Waals surface area contributed by atoms with Gasteiger partial charge in [0, 0.05) is 5.82 Å². The first kappa shape index (κ1) is 26.3. The van der Waals surface area contributed by atoms with Crippen LogP contribution < -0.4 is 0 Å². The fourth-order valence-electron chi connectivity index (χ4n) is 4.06. The Balaban J connectivity index is 2.24. The summed E-state index contributed by atoms with van der Waals surface area (Å²) in [7, 11) is -0.508. The summed E-state index contributed by atoms with van der Waals surface area (Å²) >= 11 is 0. The number of nitrogens with zero attached hydrogens (tertiary/aromatic N) is 2. The lowest BCUT2D eigenvalue weighted by atomic mass is 9.91. The van der Waals surface area contributed by atoms with Crippen LogP contribution in [0.2, 0.25) is 0 Å². The minimum absolute atomic E-state index is 0.203. The highest BCUT2D eigenvalue weighted by molar-refractivity contribution is 7.62. The molecule has 2 aromatic rings. The van der Waals surface area contributed by atoms with E-state index < -0.39 is 43.0 Å². The number of rotatable bonds is 4. The highest BCUT2D eigenvalue weighted by Crippen LogP contribution is 2.68. The normalized spacial score (nSPS) is 21.4. The van der Waals surface area contributed by atoms with Crippen LogP contribution >= 0.6 is 7.44 Å². The van der Waals surface area contributed by atoms with E-state index in [1.54, 1.807) is 6.92 Å². The van der Waals surface area contributed by atoms with Gasteiger partial charge >= 0.3 is 12.4 Å². The van der Waals surface area contributed by atoms with Crippen molar-refractivity contribution in [1.29, 1.82) is 0 Å². The van der Waals surface area contributed by atoms with Gasteiger partial charge in [0.1, 0.15) is 0 Å². The second kappa shape index (κ2) is 9.38. The van der Waals surface area contributed by atoms with E-state index in [4.69, 9.17) is 0 Å². The Morgan fingerprint density at radius 3 is 1.68 bits per heavy atom. The Bertz CT molecular complexity index is 1090. The molecule has 1 heterocycles. The van der Waals surface area contributed by atoms with Gasteiger partial charge in [-0.1, -0.05) is 31.2 Å². The summed E-state index contributed by atoms with van der Waals surface area (Å²) < 4.78 is 97.5. The Kier molecular flexibility index (Phi) is 7.26. The number of likely N-dealkylation sites (N-methyl/N-ethyl adjacent to an activating group) is 2. The van der Waals surface area contributed by atoms with Gasteiger partial charge in [-0.3, -0.25) is 4.57 Å². The van der Waals surface area contributed by atoms with Gasteiger partial charge in [0.2, 0.25) is 7.44 Å². The number of allylic oxidation sites excluding steroid dienone is 1. The van der Waals surface area contributed by atoms with Crippen LogP contribution in [0, 0.1) is 0 Å². The zero-order valence-corrected chi connectivity index (χ0v) is 20.0. The van der Waals surface area contributed by atoms with Crippen molar-refractivity contribution in [2.45, 2.75) is 44.7 Å². The fourth-order valence-corrected chi connectivity index (χ4v) is 6.49. The Morgan fingerprint density at radius 1 is 0.912 bits per heavy atom. The average molecular weight is 502 g/mol. The van der Waals surface area contributed by atoms with Crippen molar-refractivity contribution in [2.24, 2.45) is 0 Å². The first-order valence-electron chi connectivity index (χ1n) is 10.5. The van der Waals surface area contributed by atoms with Crippen LogP contribution in [0.4, 0.5) is 26.3 Å². The lowest BCUT2D eigenvalue weighted by Crippen LogP contribution is -2.22. The van der Waals surface area contributed by atoms with Gasteiger partial charge in [0.15, 0.2) is 0 Å². The van der Waals surface area contributed by atoms with Crippen molar-refractivity contribution in [3.8, 4) is 0 Å². The van der Waals surface area contributed by atoms with Crippen LogP contribution in [0.25, 0.3) is 0 Å². The molecule has 1 saturated heterocycles. The molecule has 34 heavy (non-hydrogen) atoms. The highest BCUT2D eigenvalue weighted by atomic mass is 31.2. The van der Waals surface area contributed by atoms with Gasteiger partial charge in [0.05, 0.1) is 23.2 Å². The van der Waals surface area contributed by atoms with Crippen LogP contribution in [0.15, 0.2) is 65.7 Å². The van der Waals surface area contributed by atoms with Crippen LogP contribution in [-0.4, -0.2) is 23.4 Å². The monoisotopic (exact) mass is 502 g/mol.